The maximum absolute atomic E-state index is 10.8. The molecule has 0 atom stereocenters. The molecule has 0 aliphatic rings. The van der Waals surface area contributed by atoms with Crippen LogP contribution in [0, 0.1) is 0 Å². The highest BCUT2D eigenvalue weighted by atomic mass is 16.5. The number of carbonyl (C=O) groups excluding carboxylic acids is 1. The Bertz CT molecular complexity index is 530. The van der Waals surface area contributed by atoms with Gasteiger partial charge in [-0.3, -0.25) is 10.4 Å². The van der Waals surface area contributed by atoms with Gasteiger partial charge in [0.05, 0.1) is 36.6 Å². The average molecular weight is 232 g/mol. The molecule has 2 aromatic rings. The van der Waals surface area contributed by atoms with E-state index in [1.807, 2.05) is 24.3 Å². The number of nitrogens with one attached hydrogen (secondary N) is 2. The van der Waals surface area contributed by atoms with Gasteiger partial charge >= 0.3 is 6.09 Å². The first-order chi connectivity index (χ1) is 8.29. The standard InChI is InChI=1S/C11H12N4O2/c1-17-11(16)15-13-7-8-6-12-9-4-2-3-5-10(9)14-8/h2-6,13H,7H2,1H3,(H,15,16). The van der Waals surface area contributed by atoms with Gasteiger partial charge in [-0.2, -0.15) is 0 Å². The fourth-order valence-electron chi connectivity index (χ4n) is 1.34. The van der Waals surface area contributed by atoms with Crippen molar-refractivity contribution in [1.82, 2.24) is 20.8 Å². The molecule has 17 heavy (non-hydrogen) atoms. The summed E-state index contributed by atoms with van der Waals surface area (Å²) in [4.78, 5) is 19.4. The Morgan fingerprint density at radius 3 is 2.88 bits per heavy atom. The van der Waals surface area contributed by atoms with Crippen LogP contribution >= 0.6 is 0 Å². The lowest BCUT2D eigenvalue weighted by Gasteiger charge is -2.05. The monoisotopic (exact) mass is 232 g/mol. The second-order valence-electron chi connectivity index (χ2n) is 3.32. The second kappa shape index (κ2) is 5.22. The number of fused-ring (bicyclic) bond motifs is 1. The Morgan fingerprint density at radius 2 is 2.12 bits per heavy atom. The van der Waals surface area contributed by atoms with E-state index in [4.69, 9.17) is 0 Å². The maximum Gasteiger partial charge on any atom is 0.421 e. The van der Waals surface area contributed by atoms with Crippen molar-refractivity contribution in [2.75, 3.05) is 7.11 Å². The minimum Gasteiger partial charge on any atom is -0.452 e. The summed E-state index contributed by atoms with van der Waals surface area (Å²) >= 11 is 0. The molecule has 0 aliphatic carbocycles. The zero-order valence-corrected chi connectivity index (χ0v) is 9.30. The third-order valence-electron chi connectivity index (χ3n) is 2.14. The predicted octanol–water partition coefficient (Wildman–Crippen LogP) is 0.990. The Labute approximate surface area is 98.0 Å². The molecular weight excluding hydrogens is 220 g/mol. The van der Waals surface area contributed by atoms with Gasteiger partial charge in [-0.1, -0.05) is 12.1 Å². The molecule has 2 rings (SSSR count). The van der Waals surface area contributed by atoms with Crippen LogP contribution in [-0.2, 0) is 11.3 Å². The Morgan fingerprint density at radius 1 is 1.35 bits per heavy atom. The van der Waals surface area contributed by atoms with Crippen molar-refractivity contribution in [1.29, 1.82) is 0 Å². The Balaban J connectivity index is 2.02. The quantitative estimate of drug-likeness (QED) is 0.772. The SMILES string of the molecule is COC(=O)NNCc1cnc2ccccc2n1. The molecule has 0 spiro atoms. The third-order valence-corrected chi connectivity index (χ3v) is 2.14. The molecule has 6 nitrogen and oxygen atoms in total. The van der Waals surface area contributed by atoms with Crippen LogP contribution in [0.25, 0.3) is 11.0 Å². The normalized spacial score (nSPS) is 10.2. The summed E-state index contributed by atoms with van der Waals surface area (Å²) in [5, 5.41) is 0. The summed E-state index contributed by atoms with van der Waals surface area (Å²) in [6, 6.07) is 7.60. The van der Waals surface area contributed by atoms with Crippen molar-refractivity contribution in [3.05, 3.63) is 36.2 Å². The van der Waals surface area contributed by atoms with Crippen molar-refractivity contribution >= 4 is 17.1 Å². The average Bonchev–Trinajstić information content (AvgIpc) is 2.38. The molecule has 0 aliphatic heterocycles. The van der Waals surface area contributed by atoms with Crippen LogP contribution in [0.15, 0.2) is 30.5 Å². The first-order valence-corrected chi connectivity index (χ1v) is 5.07. The van der Waals surface area contributed by atoms with Crippen LogP contribution in [0.5, 0.6) is 0 Å². The molecule has 1 heterocycles. The van der Waals surface area contributed by atoms with Crippen LogP contribution < -0.4 is 10.9 Å². The van der Waals surface area contributed by atoms with E-state index in [0.29, 0.717) is 6.54 Å². The number of nitrogens with zero attached hydrogens (tertiary/aromatic N) is 2. The molecule has 0 bridgehead atoms. The molecule has 1 aromatic carbocycles. The minimum absolute atomic E-state index is 0.382. The van der Waals surface area contributed by atoms with Gasteiger partial charge in [0, 0.05) is 0 Å². The largest absolute Gasteiger partial charge is 0.452 e. The van der Waals surface area contributed by atoms with Gasteiger partial charge in [-0.15, -0.1) is 0 Å². The number of hydrogen-bond donors (Lipinski definition) is 2. The third kappa shape index (κ3) is 2.88. The molecule has 0 saturated heterocycles. The van der Waals surface area contributed by atoms with Crippen molar-refractivity contribution in [3.8, 4) is 0 Å². The van der Waals surface area contributed by atoms with Gasteiger partial charge in [0.2, 0.25) is 0 Å². The number of para-hydroxylation sites is 2. The van der Waals surface area contributed by atoms with E-state index in [1.54, 1.807) is 6.20 Å². The van der Waals surface area contributed by atoms with E-state index < -0.39 is 6.09 Å². The topological polar surface area (TPSA) is 76.1 Å². The number of benzene rings is 1. The van der Waals surface area contributed by atoms with E-state index in [1.165, 1.54) is 7.11 Å². The van der Waals surface area contributed by atoms with Crippen LogP contribution in [-0.4, -0.2) is 23.2 Å². The molecule has 88 valence electrons. The predicted molar refractivity (Wildman–Crippen MR) is 61.9 cm³/mol. The number of hydrazine groups is 1. The molecule has 6 heteroatoms. The van der Waals surface area contributed by atoms with E-state index in [0.717, 1.165) is 16.7 Å². The second-order valence-corrected chi connectivity index (χ2v) is 3.32. The molecule has 2 N–H and O–H groups in total. The van der Waals surface area contributed by atoms with Crippen LogP contribution in [0.4, 0.5) is 4.79 Å². The number of methoxy groups -OCH3 is 1. The summed E-state index contributed by atoms with van der Waals surface area (Å²) in [6.45, 7) is 0.382. The summed E-state index contributed by atoms with van der Waals surface area (Å²) in [7, 11) is 1.30. The first-order valence-electron chi connectivity index (χ1n) is 5.07. The summed E-state index contributed by atoms with van der Waals surface area (Å²) in [5.41, 5.74) is 7.44. The molecular formula is C11H12N4O2. The number of amides is 1. The van der Waals surface area contributed by atoms with Crippen molar-refractivity contribution in [3.63, 3.8) is 0 Å². The van der Waals surface area contributed by atoms with Gasteiger partial charge in [0.15, 0.2) is 0 Å². The lowest BCUT2D eigenvalue weighted by atomic mass is 10.3. The zero-order chi connectivity index (χ0) is 12.1. The highest BCUT2D eigenvalue weighted by molar-refractivity contribution is 5.73. The molecule has 0 unspecified atom stereocenters. The summed E-state index contributed by atoms with van der Waals surface area (Å²) in [6.07, 6.45) is 1.12. The minimum atomic E-state index is -0.543. The highest BCUT2D eigenvalue weighted by Crippen LogP contribution is 2.07. The van der Waals surface area contributed by atoms with Crippen LogP contribution in [0.2, 0.25) is 0 Å². The van der Waals surface area contributed by atoms with E-state index in [9.17, 15) is 4.79 Å². The smallest absolute Gasteiger partial charge is 0.421 e. The number of ether oxygens (including phenoxy) is 1. The van der Waals surface area contributed by atoms with E-state index in [-0.39, 0.29) is 0 Å². The van der Waals surface area contributed by atoms with Gasteiger partial charge in [-0.05, 0) is 12.1 Å². The van der Waals surface area contributed by atoms with Gasteiger partial charge in [0.25, 0.3) is 0 Å². The molecule has 0 saturated carbocycles. The van der Waals surface area contributed by atoms with E-state index >= 15 is 0 Å². The fourth-order valence-corrected chi connectivity index (χ4v) is 1.34. The number of hydrogen-bond acceptors (Lipinski definition) is 5. The zero-order valence-electron chi connectivity index (χ0n) is 9.30. The Hall–Kier alpha value is -2.21. The molecule has 0 fully saturated rings. The number of aromatic nitrogens is 2. The fraction of sp³-hybridized carbons (Fsp3) is 0.182. The van der Waals surface area contributed by atoms with Crippen molar-refractivity contribution in [2.24, 2.45) is 0 Å². The molecule has 1 amide bonds. The van der Waals surface area contributed by atoms with Crippen LogP contribution in [0.1, 0.15) is 5.69 Å². The van der Waals surface area contributed by atoms with Crippen molar-refractivity contribution < 1.29 is 9.53 Å². The lowest BCUT2D eigenvalue weighted by molar-refractivity contribution is 0.165. The Kier molecular flexibility index (Phi) is 3.46. The molecule has 0 radical (unpaired) electrons. The van der Waals surface area contributed by atoms with Gasteiger partial charge in [-0.25, -0.2) is 15.2 Å². The number of carbonyl (C=O) groups is 1. The van der Waals surface area contributed by atoms with Crippen molar-refractivity contribution in [2.45, 2.75) is 6.54 Å². The van der Waals surface area contributed by atoms with Gasteiger partial charge in [0.1, 0.15) is 0 Å². The summed E-state index contributed by atoms with van der Waals surface area (Å²) < 4.78 is 4.41. The van der Waals surface area contributed by atoms with E-state index in [2.05, 4.69) is 25.6 Å². The highest BCUT2D eigenvalue weighted by Gasteiger charge is 2.00. The summed E-state index contributed by atoms with van der Waals surface area (Å²) in [5.74, 6) is 0. The maximum atomic E-state index is 10.8. The number of rotatable bonds is 3. The lowest BCUT2D eigenvalue weighted by Crippen LogP contribution is -2.36. The van der Waals surface area contributed by atoms with Crippen LogP contribution in [0.3, 0.4) is 0 Å². The van der Waals surface area contributed by atoms with Gasteiger partial charge < -0.3 is 4.74 Å². The first kappa shape index (κ1) is 11.3. The molecule has 1 aromatic heterocycles.